The Hall–Kier alpha value is -1.14. The Labute approximate surface area is 81.2 Å². The molecule has 0 radical (unpaired) electrons. The fraction of sp³-hybridized carbons (Fsp3) is 0.750. The van der Waals surface area contributed by atoms with Gasteiger partial charge in [0, 0.05) is 7.05 Å². The van der Waals surface area contributed by atoms with Gasteiger partial charge in [-0.15, -0.1) is 0 Å². The van der Waals surface area contributed by atoms with Crippen LogP contribution in [0.4, 0.5) is 0 Å². The van der Waals surface area contributed by atoms with E-state index in [1.54, 1.807) is 13.8 Å². The van der Waals surface area contributed by atoms with Crippen molar-refractivity contribution in [3.8, 4) is 0 Å². The van der Waals surface area contributed by atoms with Crippen molar-refractivity contribution in [2.75, 3.05) is 7.05 Å². The van der Waals surface area contributed by atoms with E-state index in [4.69, 9.17) is 14.6 Å². The number of aliphatic carboxylic acids is 1. The Balaban J connectivity index is 2.83. The number of hydrogen-bond acceptors (Lipinski definition) is 4. The lowest BCUT2D eigenvalue weighted by atomic mass is 10.2. The molecule has 1 amide bonds. The summed E-state index contributed by atoms with van der Waals surface area (Å²) in [6.45, 7) is 3.12. The molecule has 2 N–H and O–H groups in total. The van der Waals surface area contributed by atoms with E-state index >= 15 is 0 Å². The standard InChI is InChI=1S/C8H13NO5/c1-8(2)13-4(6(10)9-3)5(14-8)7(11)12/h4-5H,1-3H3,(H,9,10)(H,11,12). The normalized spacial score (nSPS) is 29.9. The smallest absolute Gasteiger partial charge is 0.336 e. The van der Waals surface area contributed by atoms with Gasteiger partial charge in [0.1, 0.15) is 0 Å². The minimum atomic E-state index is -1.25. The average Bonchev–Trinajstić information content (AvgIpc) is 2.40. The van der Waals surface area contributed by atoms with Crippen LogP contribution >= 0.6 is 0 Å². The summed E-state index contributed by atoms with van der Waals surface area (Å²) in [5, 5.41) is 11.1. The highest BCUT2D eigenvalue weighted by atomic mass is 16.8. The zero-order chi connectivity index (χ0) is 10.9. The highest BCUT2D eigenvalue weighted by molar-refractivity contribution is 5.88. The fourth-order valence-electron chi connectivity index (χ4n) is 1.28. The van der Waals surface area contributed by atoms with Crippen LogP contribution < -0.4 is 5.32 Å². The summed E-state index contributed by atoms with van der Waals surface area (Å²) in [6, 6.07) is 0. The molecule has 0 spiro atoms. The van der Waals surface area contributed by atoms with Gasteiger partial charge in [0.15, 0.2) is 18.0 Å². The van der Waals surface area contributed by atoms with Gasteiger partial charge in [0.05, 0.1) is 0 Å². The third-order valence-electron chi connectivity index (χ3n) is 1.84. The molecule has 2 unspecified atom stereocenters. The second kappa shape index (κ2) is 3.55. The van der Waals surface area contributed by atoms with E-state index in [1.165, 1.54) is 7.05 Å². The second-order valence-electron chi connectivity index (χ2n) is 3.43. The molecule has 0 aromatic heterocycles. The fourth-order valence-corrected chi connectivity index (χ4v) is 1.28. The molecular formula is C8H13NO5. The van der Waals surface area contributed by atoms with Crippen LogP contribution in [0.1, 0.15) is 13.8 Å². The highest BCUT2D eigenvalue weighted by Crippen LogP contribution is 2.28. The predicted molar refractivity (Wildman–Crippen MR) is 45.5 cm³/mol. The summed E-state index contributed by atoms with van der Waals surface area (Å²) in [5.74, 6) is -2.74. The minimum absolute atomic E-state index is 0.497. The van der Waals surface area contributed by atoms with Crippen molar-refractivity contribution in [2.45, 2.75) is 31.8 Å². The highest BCUT2D eigenvalue weighted by Gasteiger charge is 2.48. The number of rotatable bonds is 2. The van der Waals surface area contributed by atoms with Gasteiger partial charge in [-0.3, -0.25) is 4.79 Å². The van der Waals surface area contributed by atoms with Gasteiger partial charge in [-0.25, -0.2) is 4.79 Å². The van der Waals surface area contributed by atoms with Gasteiger partial charge in [-0.2, -0.15) is 0 Å². The Morgan fingerprint density at radius 2 is 1.79 bits per heavy atom. The van der Waals surface area contributed by atoms with Gasteiger partial charge in [0.25, 0.3) is 5.91 Å². The molecule has 6 heteroatoms. The van der Waals surface area contributed by atoms with Crippen LogP contribution in [0.2, 0.25) is 0 Å². The number of carboxylic acids is 1. The number of carbonyl (C=O) groups is 2. The van der Waals surface area contributed by atoms with Crippen LogP contribution in [0.3, 0.4) is 0 Å². The van der Waals surface area contributed by atoms with E-state index < -0.39 is 29.9 Å². The summed E-state index contributed by atoms with van der Waals surface area (Å²) in [4.78, 5) is 22.0. The molecule has 1 aliphatic rings. The molecule has 1 aliphatic heterocycles. The van der Waals surface area contributed by atoms with Crippen molar-refractivity contribution >= 4 is 11.9 Å². The van der Waals surface area contributed by atoms with Gasteiger partial charge in [-0.1, -0.05) is 0 Å². The molecule has 1 rings (SSSR count). The van der Waals surface area contributed by atoms with Crippen LogP contribution in [0.15, 0.2) is 0 Å². The van der Waals surface area contributed by atoms with E-state index in [-0.39, 0.29) is 0 Å². The van der Waals surface area contributed by atoms with Gasteiger partial charge >= 0.3 is 5.97 Å². The lowest BCUT2D eigenvalue weighted by Crippen LogP contribution is -2.42. The molecule has 0 aromatic rings. The SMILES string of the molecule is CNC(=O)C1OC(C)(C)OC1C(=O)O. The van der Waals surface area contributed by atoms with Crippen molar-refractivity contribution in [1.29, 1.82) is 0 Å². The molecule has 0 aliphatic carbocycles. The lowest BCUT2D eigenvalue weighted by molar-refractivity contribution is -0.166. The molecule has 0 aromatic carbocycles. The molecular weight excluding hydrogens is 190 g/mol. The van der Waals surface area contributed by atoms with Gasteiger partial charge < -0.3 is 19.9 Å². The van der Waals surface area contributed by atoms with E-state index in [2.05, 4.69) is 5.32 Å². The monoisotopic (exact) mass is 203 g/mol. The summed E-state index contributed by atoms with van der Waals surface area (Å²) in [5.41, 5.74) is 0. The van der Waals surface area contributed by atoms with E-state index in [0.717, 1.165) is 0 Å². The topological polar surface area (TPSA) is 84.9 Å². The molecule has 1 fully saturated rings. The van der Waals surface area contributed by atoms with E-state index in [1.807, 2.05) is 0 Å². The van der Waals surface area contributed by atoms with Crippen LogP contribution in [0, 0.1) is 0 Å². The van der Waals surface area contributed by atoms with Gasteiger partial charge in [-0.05, 0) is 13.8 Å². The maximum atomic E-state index is 11.2. The van der Waals surface area contributed by atoms with E-state index in [0.29, 0.717) is 0 Å². The molecule has 2 atom stereocenters. The number of nitrogens with one attached hydrogen (secondary N) is 1. The quantitative estimate of drug-likeness (QED) is 0.622. The summed E-state index contributed by atoms with van der Waals surface area (Å²) >= 11 is 0. The Morgan fingerprint density at radius 1 is 1.29 bits per heavy atom. The lowest BCUT2D eigenvalue weighted by Gasteiger charge is -2.15. The van der Waals surface area contributed by atoms with Crippen molar-refractivity contribution in [3.63, 3.8) is 0 Å². The van der Waals surface area contributed by atoms with Crippen molar-refractivity contribution in [3.05, 3.63) is 0 Å². The summed E-state index contributed by atoms with van der Waals surface area (Å²) in [6.07, 6.45) is -2.34. The number of hydrogen-bond donors (Lipinski definition) is 2. The van der Waals surface area contributed by atoms with Crippen LogP contribution in [-0.2, 0) is 19.1 Å². The third-order valence-corrected chi connectivity index (χ3v) is 1.84. The van der Waals surface area contributed by atoms with Crippen molar-refractivity contribution < 1.29 is 24.2 Å². The number of ether oxygens (including phenoxy) is 2. The Morgan fingerprint density at radius 3 is 2.21 bits per heavy atom. The van der Waals surface area contributed by atoms with Crippen molar-refractivity contribution in [2.24, 2.45) is 0 Å². The molecule has 0 saturated carbocycles. The first-order chi connectivity index (χ1) is 6.37. The second-order valence-corrected chi connectivity index (χ2v) is 3.43. The first-order valence-corrected chi connectivity index (χ1v) is 4.17. The minimum Gasteiger partial charge on any atom is -0.479 e. The molecule has 1 heterocycles. The summed E-state index contributed by atoms with van der Waals surface area (Å²) in [7, 11) is 1.41. The molecule has 6 nitrogen and oxygen atoms in total. The largest absolute Gasteiger partial charge is 0.479 e. The number of amides is 1. The molecule has 14 heavy (non-hydrogen) atoms. The first-order valence-electron chi connectivity index (χ1n) is 4.17. The van der Waals surface area contributed by atoms with E-state index in [9.17, 15) is 9.59 Å². The third kappa shape index (κ3) is 2.02. The molecule has 1 saturated heterocycles. The maximum Gasteiger partial charge on any atom is 0.336 e. The van der Waals surface area contributed by atoms with Crippen LogP contribution in [0.25, 0.3) is 0 Å². The van der Waals surface area contributed by atoms with Crippen molar-refractivity contribution in [1.82, 2.24) is 5.32 Å². The number of likely N-dealkylation sites (N-methyl/N-ethyl adjacent to an activating group) is 1. The first kappa shape index (κ1) is 10.9. The predicted octanol–water partition coefficient (Wildman–Crippen LogP) is -0.663. The zero-order valence-electron chi connectivity index (χ0n) is 8.23. The Bertz CT molecular complexity index is 262. The zero-order valence-corrected chi connectivity index (χ0v) is 8.23. The number of carbonyl (C=O) groups excluding carboxylic acids is 1. The average molecular weight is 203 g/mol. The van der Waals surface area contributed by atoms with Crippen LogP contribution in [0.5, 0.6) is 0 Å². The maximum absolute atomic E-state index is 11.2. The molecule has 0 bridgehead atoms. The Kier molecular flexibility index (Phi) is 2.77. The summed E-state index contributed by atoms with van der Waals surface area (Å²) < 4.78 is 10.2. The number of carboxylic acid groups (broad SMARTS) is 1. The molecule has 80 valence electrons. The van der Waals surface area contributed by atoms with Gasteiger partial charge in [0.2, 0.25) is 0 Å². The van der Waals surface area contributed by atoms with Crippen LogP contribution in [-0.4, -0.2) is 42.0 Å².